The van der Waals surface area contributed by atoms with Crippen LogP contribution in [0.15, 0.2) is 24.3 Å². The summed E-state index contributed by atoms with van der Waals surface area (Å²) < 4.78 is 23.5. The van der Waals surface area contributed by atoms with Gasteiger partial charge in [-0.1, -0.05) is 38.3 Å². The van der Waals surface area contributed by atoms with Crippen molar-refractivity contribution in [2.24, 2.45) is 11.8 Å². The first-order valence-electron chi connectivity index (χ1n) is 10.2. The zero-order valence-corrected chi connectivity index (χ0v) is 16.3. The van der Waals surface area contributed by atoms with Gasteiger partial charge in [0.2, 0.25) is 0 Å². The number of hydrogen-bond donors (Lipinski definition) is 0. The molecule has 5 heteroatoms. The fourth-order valence-corrected chi connectivity index (χ4v) is 3.59. The van der Waals surface area contributed by atoms with E-state index in [1.165, 1.54) is 25.7 Å². The molecule has 0 bridgehead atoms. The first kappa shape index (κ1) is 20.3. The van der Waals surface area contributed by atoms with Crippen molar-refractivity contribution < 1.29 is 18.9 Å². The van der Waals surface area contributed by atoms with Crippen molar-refractivity contribution in [1.29, 1.82) is 5.26 Å². The summed E-state index contributed by atoms with van der Waals surface area (Å²) in [4.78, 5) is 0. The third kappa shape index (κ3) is 6.29. The van der Waals surface area contributed by atoms with E-state index in [1.807, 2.05) is 12.1 Å². The van der Waals surface area contributed by atoms with Crippen molar-refractivity contribution in [3.63, 3.8) is 0 Å². The van der Waals surface area contributed by atoms with E-state index < -0.39 is 0 Å². The molecule has 1 aromatic rings. The van der Waals surface area contributed by atoms with E-state index >= 15 is 0 Å². The quantitative estimate of drug-likeness (QED) is 0.625. The lowest BCUT2D eigenvalue weighted by Crippen LogP contribution is -2.33. The SMILES string of the molecule is CCCCC[C@H]1CO[C@H](CCC2COC(c3ccc(C#N)cc3)OC2)OC1. The number of ether oxygens (including phenoxy) is 4. The summed E-state index contributed by atoms with van der Waals surface area (Å²) in [5.41, 5.74) is 1.60. The lowest BCUT2D eigenvalue weighted by molar-refractivity contribution is -0.220. The number of nitrogens with zero attached hydrogens (tertiary/aromatic N) is 1. The van der Waals surface area contributed by atoms with Crippen LogP contribution in [0.3, 0.4) is 0 Å². The maximum Gasteiger partial charge on any atom is 0.183 e. The maximum absolute atomic E-state index is 8.87. The molecule has 27 heavy (non-hydrogen) atoms. The average molecular weight is 373 g/mol. The van der Waals surface area contributed by atoms with Crippen molar-refractivity contribution in [2.75, 3.05) is 26.4 Å². The van der Waals surface area contributed by atoms with Gasteiger partial charge in [0.1, 0.15) is 0 Å². The Kier molecular flexibility index (Phi) is 8.10. The summed E-state index contributed by atoms with van der Waals surface area (Å²) in [5, 5.41) is 8.87. The molecule has 0 N–H and O–H groups in total. The highest BCUT2D eigenvalue weighted by molar-refractivity contribution is 5.32. The van der Waals surface area contributed by atoms with Gasteiger partial charge in [-0.05, 0) is 31.4 Å². The second-order valence-corrected chi connectivity index (χ2v) is 7.63. The highest BCUT2D eigenvalue weighted by atomic mass is 16.7. The fourth-order valence-electron chi connectivity index (χ4n) is 3.59. The van der Waals surface area contributed by atoms with Crippen molar-refractivity contribution in [1.82, 2.24) is 0 Å². The number of hydrogen-bond acceptors (Lipinski definition) is 5. The smallest absolute Gasteiger partial charge is 0.183 e. The Morgan fingerprint density at radius 1 is 0.852 bits per heavy atom. The van der Waals surface area contributed by atoms with Gasteiger partial charge >= 0.3 is 0 Å². The van der Waals surface area contributed by atoms with Crippen LogP contribution < -0.4 is 0 Å². The molecule has 0 atom stereocenters. The molecule has 0 aromatic heterocycles. The molecule has 0 amide bonds. The van der Waals surface area contributed by atoms with E-state index in [-0.39, 0.29) is 12.6 Å². The summed E-state index contributed by atoms with van der Waals surface area (Å²) in [6.07, 6.45) is 6.49. The van der Waals surface area contributed by atoms with Crippen LogP contribution in [-0.4, -0.2) is 32.7 Å². The van der Waals surface area contributed by atoms with Gasteiger partial charge in [0.15, 0.2) is 12.6 Å². The second-order valence-electron chi connectivity index (χ2n) is 7.63. The minimum atomic E-state index is -0.333. The second kappa shape index (κ2) is 10.8. The van der Waals surface area contributed by atoms with Gasteiger partial charge in [-0.2, -0.15) is 5.26 Å². The van der Waals surface area contributed by atoms with Crippen LogP contribution in [0.5, 0.6) is 0 Å². The van der Waals surface area contributed by atoms with E-state index in [0.29, 0.717) is 30.6 Å². The summed E-state index contributed by atoms with van der Waals surface area (Å²) >= 11 is 0. The normalized spacial score (nSPS) is 28.6. The van der Waals surface area contributed by atoms with Gasteiger partial charge in [0, 0.05) is 17.4 Å². The molecule has 2 heterocycles. The molecule has 0 spiro atoms. The third-order valence-electron chi connectivity index (χ3n) is 5.34. The Morgan fingerprint density at radius 2 is 1.48 bits per heavy atom. The van der Waals surface area contributed by atoms with Crippen LogP contribution in [0.4, 0.5) is 0 Å². The molecule has 5 nitrogen and oxygen atoms in total. The summed E-state index contributed by atoms with van der Waals surface area (Å²) in [6, 6.07) is 9.49. The number of benzene rings is 1. The third-order valence-corrected chi connectivity index (χ3v) is 5.34. The Balaban J connectivity index is 1.31. The van der Waals surface area contributed by atoms with E-state index in [0.717, 1.165) is 31.6 Å². The molecule has 2 aliphatic rings. The van der Waals surface area contributed by atoms with E-state index in [4.69, 9.17) is 24.2 Å². The summed E-state index contributed by atoms with van der Waals surface area (Å²) in [6.45, 7) is 5.24. The molecule has 2 saturated heterocycles. The van der Waals surface area contributed by atoms with Gasteiger partial charge in [-0.25, -0.2) is 0 Å². The molecule has 0 saturated carbocycles. The average Bonchev–Trinajstić information content (AvgIpc) is 2.74. The molecule has 2 fully saturated rings. The molecule has 0 aliphatic carbocycles. The largest absolute Gasteiger partial charge is 0.352 e. The van der Waals surface area contributed by atoms with Crippen LogP contribution in [0, 0.1) is 23.2 Å². The molecule has 148 valence electrons. The Hall–Kier alpha value is -1.45. The van der Waals surface area contributed by atoms with Crippen molar-refractivity contribution >= 4 is 0 Å². The zero-order valence-electron chi connectivity index (χ0n) is 16.3. The van der Waals surface area contributed by atoms with Gasteiger partial charge in [-0.15, -0.1) is 0 Å². The highest BCUT2D eigenvalue weighted by Crippen LogP contribution is 2.28. The van der Waals surface area contributed by atoms with Crippen LogP contribution >= 0.6 is 0 Å². The van der Waals surface area contributed by atoms with Gasteiger partial charge < -0.3 is 18.9 Å². The standard InChI is InChI=1S/C22H31NO4/c1-2-3-4-5-18-13-24-21(25-14-18)11-8-19-15-26-22(27-16-19)20-9-6-17(12-23)7-10-20/h6-7,9-10,18-19,21-22H,2-5,8,11,13-16H2,1H3/t18-,19?,21-,22?. The molecule has 0 radical (unpaired) electrons. The van der Waals surface area contributed by atoms with Crippen molar-refractivity contribution in [2.45, 2.75) is 58.0 Å². The first-order chi connectivity index (χ1) is 13.3. The predicted octanol–water partition coefficient (Wildman–Crippen LogP) is 4.57. The van der Waals surface area contributed by atoms with Crippen molar-refractivity contribution in [3.8, 4) is 6.07 Å². The number of nitriles is 1. The van der Waals surface area contributed by atoms with Crippen LogP contribution in [-0.2, 0) is 18.9 Å². The number of rotatable bonds is 8. The molecule has 3 rings (SSSR count). The lowest BCUT2D eigenvalue weighted by Gasteiger charge is -2.32. The summed E-state index contributed by atoms with van der Waals surface area (Å²) in [5.74, 6) is 0.927. The van der Waals surface area contributed by atoms with Gasteiger partial charge in [0.05, 0.1) is 38.1 Å². The Morgan fingerprint density at radius 3 is 2.11 bits per heavy atom. The molecule has 1 aromatic carbocycles. The molecule has 0 unspecified atom stereocenters. The van der Waals surface area contributed by atoms with Crippen molar-refractivity contribution in [3.05, 3.63) is 35.4 Å². The zero-order chi connectivity index (χ0) is 18.9. The van der Waals surface area contributed by atoms with Gasteiger partial charge in [-0.3, -0.25) is 0 Å². The van der Waals surface area contributed by atoms with E-state index in [9.17, 15) is 0 Å². The van der Waals surface area contributed by atoms with E-state index in [1.54, 1.807) is 12.1 Å². The van der Waals surface area contributed by atoms with Gasteiger partial charge in [0.25, 0.3) is 0 Å². The van der Waals surface area contributed by atoms with Crippen LogP contribution in [0.25, 0.3) is 0 Å². The van der Waals surface area contributed by atoms with Crippen LogP contribution in [0.1, 0.15) is 62.9 Å². The lowest BCUT2D eigenvalue weighted by atomic mass is 10.0. The highest BCUT2D eigenvalue weighted by Gasteiger charge is 2.26. The minimum Gasteiger partial charge on any atom is -0.352 e. The maximum atomic E-state index is 8.87. The predicted molar refractivity (Wildman–Crippen MR) is 102 cm³/mol. The molecular formula is C22H31NO4. The Labute approximate surface area is 162 Å². The minimum absolute atomic E-state index is 0.0799. The summed E-state index contributed by atoms with van der Waals surface area (Å²) in [7, 11) is 0. The molecular weight excluding hydrogens is 342 g/mol. The Bertz CT molecular complexity index is 581. The van der Waals surface area contributed by atoms with Crippen LogP contribution in [0.2, 0.25) is 0 Å². The first-order valence-corrected chi connectivity index (χ1v) is 10.2. The number of unbranched alkanes of at least 4 members (excludes halogenated alkanes) is 2. The van der Waals surface area contributed by atoms with E-state index in [2.05, 4.69) is 13.0 Å². The fraction of sp³-hybridized carbons (Fsp3) is 0.682. The monoisotopic (exact) mass is 373 g/mol. The topological polar surface area (TPSA) is 60.7 Å². The molecule has 2 aliphatic heterocycles.